The van der Waals surface area contributed by atoms with Gasteiger partial charge in [0.25, 0.3) is 0 Å². The summed E-state index contributed by atoms with van der Waals surface area (Å²) in [6, 6.07) is 8.38. The third-order valence-corrected chi connectivity index (χ3v) is 3.46. The van der Waals surface area contributed by atoms with Gasteiger partial charge in [0.1, 0.15) is 0 Å². The number of carbonyl (C=O) groups is 1. The summed E-state index contributed by atoms with van der Waals surface area (Å²) >= 11 is 0. The lowest BCUT2D eigenvalue weighted by Crippen LogP contribution is -2.36. The largest absolute Gasteiger partial charge is 0.342 e. The van der Waals surface area contributed by atoms with E-state index in [1.807, 2.05) is 4.90 Å². The summed E-state index contributed by atoms with van der Waals surface area (Å²) in [5.74, 6) is 0.290. The van der Waals surface area contributed by atoms with Crippen LogP contribution in [0.2, 0.25) is 0 Å². The molecule has 92 valence electrons. The molecule has 0 unspecified atom stereocenters. The van der Waals surface area contributed by atoms with Gasteiger partial charge >= 0.3 is 0 Å². The van der Waals surface area contributed by atoms with E-state index in [0.29, 0.717) is 6.42 Å². The molecule has 0 spiro atoms. The fraction of sp³-hybridized carbons (Fsp3) is 0.533. The third kappa shape index (κ3) is 3.32. The fourth-order valence-corrected chi connectivity index (χ4v) is 2.39. The van der Waals surface area contributed by atoms with E-state index < -0.39 is 0 Å². The highest BCUT2D eigenvalue weighted by Crippen LogP contribution is 2.12. The van der Waals surface area contributed by atoms with Crippen LogP contribution < -0.4 is 0 Å². The number of rotatable bonds is 3. The topological polar surface area (TPSA) is 20.3 Å². The molecule has 1 aromatic rings. The molecule has 0 bridgehead atoms. The Hall–Kier alpha value is -1.31. The number of hydrogen-bond acceptors (Lipinski definition) is 1. The van der Waals surface area contributed by atoms with Gasteiger partial charge in [0.15, 0.2) is 0 Å². The van der Waals surface area contributed by atoms with Gasteiger partial charge < -0.3 is 4.90 Å². The maximum Gasteiger partial charge on any atom is 0.226 e. The quantitative estimate of drug-likeness (QED) is 0.783. The first kappa shape index (κ1) is 12.2. The van der Waals surface area contributed by atoms with Crippen molar-refractivity contribution in [3.8, 4) is 0 Å². The SMILES string of the molecule is CCc1cccc(CC(=O)N2CCCCC2)c1. The second-order valence-electron chi connectivity index (χ2n) is 4.79. The first-order chi connectivity index (χ1) is 8.29. The number of aryl methyl sites for hydroxylation is 1. The predicted molar refractivity (Wildman–Crippen MR) is 70.0 cm³/mol. The van der Waals surface area contributed by atoms with Gasteiger partial charge in [-0.1, -0.05) is 31.2 Å². The molecule has 1 amide bonds. The Labute approximate surface area is 104 Å². The van der Waals surface area contributed by atoms with Crippen LogP contribution in [0.1, 0.15) is 37.3 Å². The molecule has 0 aromatic heterocycles. The Morgan fingerprint density at radius 1 is 1.18 bits per heavy atom. The summed E-state index contributed by atoms with van der Waals surface area (Å²) in [7, 11) is 0. The molecule has 1 fully saturated rings. The standard InChI is InChI=1S/C15H21NO/c1-2-13-7-6-8-14(11-13)12-15(17)16-9-4-3-5-10-16/h6-8,11H,2-5,9-10,12H2,1H3. The van der Waals surface area contributed by atoms with Gasteiger partial charge in [-0.2, -0.15) is 0 Å². The van der Waals surface area contributed by atoms with Crippen molar-refractivity contribution < 1.29 is 4.79 Å². The van der Waals surface area contributed by atoms with Crippen molar-refractivity contribution in [3.05, 3.63) is 35.4 Å². The zero-order valence-corrected chi connectivity index (χ0v) is 10.6. The number of carbonyl (C=O) groups excluding carboxylic acids is 1. The molecule has 17 heavy (non-hydrogen) atoms. The van der Waals surface area contributed by atoms with Crippen LogP contribution in [-0.4, -0.2) is 23.9 Å². The number of benzene rings is 1. The first-order valence-electron chi connectivity index (χ1n) is 6.65. The van der Waals surface area contributed by atoms with E-state index in [4.69, 9.17) is 0 Å². The van der Waals surface area contributed by atoms with Gasteiger partial charge in [-0.15, -0.1) is 0 Å². The van der Waals surface area contributed by atoms with Crippen molar-refractivity contribution in [3.63, 3.8) is 0 Å². The summed E-state index contributed by atoms with van der Waals surface area (Å²) in [4.78, 5) is 14.1. The highest BCUT2D eigenvalue weighted by Gasteiger charge is 2.16. The molecule has 0 radical (unpaired) electrons. The lowest BCUT2D eigenvalue weighted by molar-refractivity contribution is -0.131. The molecular weight excluding hydrogens is 210 g/mol. The molecular formula is C15H21NO. The van der Waals surface area contributed by atoms with Crippen LogP contribution in [-0.2, 0) is 17.6 Å². The predicted octanol–water partition coefficient (Wildman–Crippen LogP) is 2.80. The van der Waals surface area contributed by atoms with Crippen LogP contribution in [0, 0.1) is 0 Å². The van der Waals surface area contributed by atoms with Gasteiger partial charge in [0.05, 0.1) is 6.42 Å². The number of likely N-dealkylation sites (tertiary alicyclic amines) is 1. The van der Waals surface area contributed by atoms with Gasteiger partial charge in [0, 0.05) is 13.1 Å². The number of nitrogens with zero attached hydrogens (tertiary/aromatic N) is 1. The van der Waals surface area contributed by atoms with Crippen LogP contribution >= 0.6 is 0 Å². The molecule has 2 nitrogen and oxygen atoms in total. The Morgan fingerprint density at radius 2 is 1.88 bits per heavy atom. The van der Waals surface area contributed by atoms with Crippen molar-refractivity contribution in [2.24, 2.45) is 0 Å². The van der Waals surface area contributed by atoms with E-state index in [1.165, 1.54) is 24.8 Å². The average molecular weight is 231 g/mol. The Morgan fingerprint density at radius 3 is 2.59 bits per heavy atom. The average Bonchev–Trinajstić information content (AvgIpc) is 2.40. The van der Waals surface area contributed by atoms with Crippen LogP contribution in [0.25, 0.3) is 0 Å². The molecule has 1 aromatic carbocycles. The number of amides is 1. The number of piperidine rings is 1. The lowest BCUT2D eigenvalue weighted by Gasteiger charge is -2.26. The molecule has 0 saturated carbocycles. The van der Waals surface area contributed by atoms with Crippen molar-refractivity contribution in [2.75, 3.05) is 13.1 Å². The smallest absolute Gasteiger partial charge is 0.226 e. The molecule has 0 N–H and O–H groups in total. The van der Waals surface area contributed by atoms with Crippen LogP contribution in [0.15, 0.2) is 24.3 Å². The monoisotopic (exact) mass is 231 g/mol. The van der Waals surface area contributed by atoms with E-state index in [-0.39, 0.29) is 5.91 Å². The van der Waals surface area contributed by atoms with Crippen molar-refractivity contribution in [1.82, 2.24) is 4.90 Å². The maximum absolute atomic E-state index is 12.1. The molecule has 1 aliphatic heterocycles. The minimum atomic E-state index is 0.290. The molecule has 0 atom stereocenters. The molecule has 2 rings (SSSR count). The highest BCUT2D eigenvalue weighted by atomic mass is 16.2. The van der Waals surface area contributed by atoms with Gasteiger partial charge in [-0.25, -0.2) is 0 Å². The van der Waals surface area contributed by atoms with Gasteiger partial charge in [-0.05, 0) is 36.8 Å². The normalized spacial score (nSPS) is 15.9. The van der Waals surface area contributed by atoms with E-state index in [1.54, 1.807) is 0 Å². The second-order valence-corrected chi connectivity index (χ2v) is 4.79. The lowest BCUT2D eigenvalue weighted by atomic mass is 10.0. The van der Waals surface area contributed by atoms with Crippen molar-refractivity contribution >= 4 is 5.91 Å². The van der Waals surface area contributed by atoms with Crippen molar-refractivity contribution in [1.29, 1.82) is 0 Å². The summed E-state index contributed by atoms with van der Waals surface area (Å²) < 4.78 is 0. The summed E-state index contributed by atoms with van der Waals surface area (Å²) in [6.07, 6.45) is 5.20. The Balaban J connectivity index is 1.96. The summed E-state index contributed by atoms with van der Waals surface area (Å²) in [5, 5.41) is 0. The second kappa shape index (κ2) is 5.85. The van der Waals surface area contributed by atoms with E-state index >= 15 is 0 Å². The highest BCUT2D eigenvalue weighted by molar-refractivity contribution is 5.78. The Kier molecular flexibility index (Phi) is 4.18. The zero-order chi connectivity index (χ0) is 12.1. The Bertz CT molecular complexity index is 380. The fourth-order valence-electron chi connectivity index (χ4n) is 2.39. The number of hydrogen-bond donors (Lipinski definition) is 0. The molecule has 1 aliphatic rings. The minimum absolute atomic E-state index is 0.290. The van der Waals surface area contributed by atoms with Crippen LogP contribution in [0.3, 0.4) is 0 Å². The zero-order valence-electron chi connectivity index (χ0n) is 10.6. The van der Waals surface area contributed by atoms with Crippen LogP contribution in [0.4, 0.5) is 0 Å². The molecule has 0 aliphatic carbocycles. The summed E-state index contributed by atoms with van der Waals surface area (Å²) in [6.45, 7) is 4.05. The van der Waals surface area contributed by atoms with Crippen LogP contribution in [0.5, 0.6) is 0 Å². The van der Waals surface area contributed by atoms with E-state index in [2.05, 4.69) is 31.2 Å². The molecule has 1 heterocycles. The van der Waals surface area contributed by atoms with E-state index in [0.717, 1.165) is 25.1 Å². The molecule has 1 saturated heterocycles. The molecule has 2 heteroatoms. The van der Waals surface area contributed by atoms with E-state index in [9.17, 15) is 4.79 Å². The summed E-state index contributed by atoms with van der Waals surface area (Å²) in [5.41, 5.74) is 2.47. The minimum Gasteiger partial charge on any atom is -0.342 e. The van der Waals surface area contributed by atoms with Crippen molar-refractivity contribution in [2.45, 2.75) is 39.0 Å². The first-order valence-corrected chi connectivity index (χ1v) is 6.65. The van der Waals surface area contributed by atoms with Gasteiger partial charge in [-0.3, -0.25) is 4.79 Å². The third-order valence-electron chi connectivity index (χ3n) is 3.46. The van der Waals surface area contributed by atoms with Gasteiger partial charge in [0.2, 0.25) is 5.91 Å². The maximum atomic E-state index is 12.1.